The van der Waals surface area contributed by atoms with Crippen LogP contribution in [-0.2, 0) is 4.79 Å². The van der Waals surface area contributed by atoms with E-state index in [1.165, 1.54) is 6.42 Å². The number of likely N-dealkylation sites (tertiary alicyclic amines) is 1. The summed E-state index contributed by atoms with van der Waals surface area (Å²) in [5.74, 6) is 0.223. The van der Waals surface area contributed by atoms with Gasteiger partial charge in [-0.25, -0.2) is 4.79 Å². The molecule has 7 heteroatoms. The largest absolute Gasteiger partial charge is 0.339 e. The van der Waals surface area contributed by atoms with Crippen LogP contribution < -0.4 is 5.32 Å². The number of amides is 3. The maximum atomic E-state index is 12.5. The van der Waals surface area contributed by atoms with Crippen molar-refractivity contribution in [2.45, 2.75) is 32.2 Å². The lowest BCUT2D eigenvalue weighted by Gasteiger charge is -2.38. The van der Waals surface area contributed by atoms with E-state index in [1.807, 2.05) is 11.0 Å². The van der Waals surface area contributed by atoms with Gasteiger partial charge in [0.05, 0.1) is 18.4 Å². The highest BCUT2D eigenvalue weighted by atomic mass is 16.2. The van der Waals surface area contributed by atoms with Crippen LogP contribution in [0.5, 0.6) is 0 Å². The number of urea groups is 1. The van der Waals surface area contributed by atoms with Gasteiger partial charge in [-0.2, -0.15) is 0 Å². The van der Waals surface area contributed by atoms with Crippen molar-refractivity contribution in [1.82, 2.24) is 19.7 Å². The third-order valence-electron chi connectivity index (χ3n) is 5.05. The van der Waals surface area contributed by atoms with E-state index in [9.17, 15) is 9.59 Å². The Hall–Kier alpha value is -2.15. The number of hydrogen-bond donors (Lipinski definition) is 1. The molecular formula is C18H27N5O2. The summed E-state index contributed by atoms with van der Waals surface area (Å²) in [4.78, 5) is 34.8. The van der Waals surface area contributed by atoms with Gasteiger partial charge in [0, 0.05) is 45.0 Å². The minimum absolute atomic E-state index is 0.108. The van der Waals surface area contributed by atoms with Crippen LogP contribution in [0.4, 0.5) is 10.5 Å². The predicted molar refractivity (Wildman–Crippen MR) is 96.3 cm³/mol. The molecule has 3 amide bonds. The summed E-state index contributed by atoms with van der Waals surface area (Å²) < 4.78 is 0. The van der Waals surface area contributed by atoms with Crippen LogP contribution in [0.25, 0.3) is 0 Å². The lowest BCUT2D eigenvalue weighted by atomic mass is 10.0. The van der Waals surface area contributed by atoms with Crippen molar-refractivity contribution in [1.29, 1.82) is 0 Å². The van der Waals surface area contributed by atoms with Crippen molar-refractivity contribution in [3.63, 3.8) is 0 Å². The highest BCUT2D eigenvalue weighted by Crippen LogP contribution is 2.17. The molecule has 0 bridgehead atoms. The van der Waals surface area contributed by atoms with Gasteiger partial charge >= 0.3 is 6.03 Å². The maximum absolute atomic E-state index is 12.5. The monoisotopic (exact) mass is 345 g/mol. The maximum Gasteiger partial charge on any atom is 0.321 e. The first-order valence-electron chi connectivity index (χ1n) is 9.11. The topological polar surface area (TPSA) is 68.8 Å². The van der Waals surface area contributed by atoms with E-state index in [1.54, 1.807) is 23.4 Å². The summed E-state index contributed by atoms with van der Waals surface area (Å²) >= 11 is 0. The molecule has 25 heavy (non-hydrogen) atoms. The standard InChI is InChI=1S/C18H27N5O2/c1-15-5-2-3-8-23(15)17(24)14-21-9-11-22(12-10-21)18(25)20-16-6-4-7-19-13-16/h4,6-7,13,15H,2-3,5,8-12,14H2,1H3,(H,20,25). The van der Waals surface area contributed by atoms with Crippen molar-refractivity contribution < 1.29 is 9.59 Å². The van der Waals surface area contributed by atoms with Crippen molar-refractivity contribution in [3.8, 4) is 0 Å². The zero-order valence-electron chi connectivity index (χ0n) is 14.9. The number of piperazine rings is 1. The van der Waals surface area contributed by atoms with Gasteiger partial charge in [-0.1, -0.05) is 0 Å². The fourth-order valence-electron chi connectivity index (χ4n) is 3.50. The Bertz CT molecular complexity index is 586. The Kier molecular flexibility index (Phi) is 5.86. The van der Waals surface area contributed by atoms with Gasteiger partial charge in [0.2, 0.25) is 5.91 Å². The molecule has 3 rings (SSSR count). The molecule has 3 heterocycles. The zero-order chi connectivity index (χ0) is 17.6. The molecule has 2 saturated heterocycles. The molecule has 0 radical (unpaired) electrons. The summed E-state index contributed by atoms with van der Waals surface area (Å²) in [7, 11) is 0. The molecule has 1 atom stereocenters. The Morgan fingerprint density at radius 2 is 2.00 bits per heavy atom. The van der Waals surface area contributed by atoms with Crippen molar-refractivity contribution >= 4 is 17.6 Å². The van der Waals surface area contributed by atoms with Crippen LogP contribution >= 0.6 is 0 Å². The first kappa shape index (κ1) is 17.7. The molecular weight excluding hydrogens is 318 g/mol. The third kappa shape index (κ3) is 4.69. The number of nitrogens with one attached hydrogen (secondary N) is 1. The van der Waals surface area contributed by atoms with E-state index in [-0.39, 0.29) is 11.9 Å². The lowest BCUT2D eigenvalue weighted by molar-refractivity contribution is -0.136. The minimum atomic E-state index is -0.108. The highest BCUT2D eigenvalue weighted by molar-refractivity contribution is 5.89. The van der Waals surface area contributed by atoms with Gasteiger partial charge in [-0.3, -0.25) is 14.7 Å². The Balaban J connectivity index is 1.43. The minimum Gasteiger partial charge on any atom is -0.339 e. The summed E-state index contributed by atoms with van der Waals surface area (Å²) in [5, 5.41) is 2.86. The second-order valence-corrected chi connectivity index (χ2v) is 6.87. The molecule has 136 valence electrons. The van der Waals surface area contributed by atoms with Crippen LogP contribution in [-0.4, -0.2) is 76.9 Å². The number of carbonyl (C=O) groups is 2. The predicted octanol–water partition coefficient (Wildman–Crippen LogP) is 1.63. The van der Waals surface area contributed by atoms with Crippen LogP contribution in [0.1, 0.15) is 26.2 Å². The molecule has 2 aliphatic rings. The normalized spacial score (nSPS) is 21.9. The number of anilines is 1. The molecule has 0 aromatic carbocycles. The second kappa shape index (κ2) is 8.29. The Morgan fingerprint density at radius 1 is 1.20 bits per heavy atom. The fraction of sp³-hybridized carbons (Fsp3) is 0.611. The summed E-state index contributed by atoms with van der Waals surface area (Å²) in [6, 6.07) is 3.86. The second-order valence-electron chi connectivity index (χ2n) is 6.87. The number of piperidine rings is 1. The van der Waals surface area contributed by atoms with Crippen LogP contribution in [0.15, 0.2) is 24.5 Å². The Morgan fingerprint density at radius 3 is 2.68 bits per heavy atom. The van der Waals surface area contributed by atoms with Gasteiger partial charge in [0.1, 0.15) is 0 Å². The van der Waals surface area contributed by atoms with Gasteiger partial charge in [0.15, 0.2) is 0 Å². The Labute approximate surface area is 149 Å². The van der Waals surface area contributed by atoms with E-state index in [0.717, 1.165) is 32.5 Å². The van der Waals surface area contributed by atoms with Gasteiger partial charge < -0.3 is 15.1 Å². The van der Waals surface area contributed by atoms with Crippen LogP contribution in [0.3, 0.4) is 0 Å². The number of nitrogens with zero attached hydrogens (tertiary/aromatic N) is 4. The van der Waals surface area contributed by atoms with Crippen LogP contribution in [0.2, 0.25) is 0 Å². The highest BCUT2D eigenvalue weighted by Gasteiger charge is 2.27. The number of rotatable bonds is 3. The van der Waals surface area contributed by atoms with Gasteiger partial charge in [-0.15, -0.1) is 0 Å². The number of hydrogen-bond acceptors (Lipinski definition) is 4. The molecule has 2 fully saturated rings. The lowest BCUT2D eigenvalue weighted by Crippen LogP contribution is -2.53. The van der Waals surface area contributed by atoms with Gasteiger partial charge in [-0.05, 0) is 38.3 Å². The smallest absolute Gasteiger partial charge is 0.321 e. The first-order valence-corrected chi connectivity index (χ1v) is 9.11. The summed E-state index contributed by atoms with van der Waals surface area (Å²) in [6.45, 7) is 6.21. The van der Waals surface area contributed by atoms with E-state index in [4.69, 9.17) is 0 Å². The third-order valence-corrected chi connectivity index (χ3v) is 5.05. The van der Waals surface area contributed by atoms with E-state index < -0.39 is 0 Å². The summed E-state index contributed by atoms with van der Waals surface area (Å²) in [5.41, 5.74) is 0.698. The quantitative estimate of drug-likeness (QED) is 0.904. The molecule has 1 unspecified atom stereocenters. The zero-order valence-corrected chi connectivity index (χ0v) is 14.9. The van der Waals surface area contributed by atoms with Gasteiger partial charge in [0.25, 0.3) is 0 Å². The average molecular weight is 345 g/mol. The average Bonchev–Trinajstić information content (AvgIpc) is 2.63. The molecule has 7 nitrogen and oxygen atoms in total. The molecule has 1 aromatic rings. The fourth-order valence-corrected chi connectivity index (χ4v) is 3.50. The van der Waals surface area contributed by atoms with E-state index in [0.29, 0.717) is 31.4 Å². The molecule has 0 spiro atoms. The van der Waals surface area contributed by atoms with Crippen molar-refractivity contribution in [2.75, 3.05) is 44.6 Å². The molecule has 1 N–H and O–H groups in total. The number of aromatic nitrogens is 1. The molecule has 0 aliphatic carbocycles. The first-order chi connectivity index (χ1) is 12.1. The number of carbonyl (C=O) groups excluding carboxylic acids is 2. The van der Waals surface area contributed by atoms with Crippen LogP contribution in [0, 0.1) is 0 Å². The van der Waals surface area contributed by atoms with E-state index in [2.05, 4.69) is 22.1 Å². The van der Waals surface area contributed by atoms with Crippen molar-refractivity contribution in [3.05, 3.63) is 24.5 Å². The molecule has 0 saturated carbocycles. The summed E-state index contributed by atoms with van der Waals surface area (Å²) in [6.07, 6.45) is 6.74. The number of pyridine rings is 1. The SMILES string of the molecule is CC1CCCCN1C(=O)CN1CCN(C(=O)Nc2cccnc2)CC1. The van der Waals surface area contributed by atoms with Crippen molar-refractivity contribution in [2.24, 2.45) is 0 Å². The molecule has 1 aromatic heterocycles. The molecule has 2 aliphatic heterocycles. The van der Waals surface area contributed by atoms with E-state index >= 15 is 0 Å².